The van der Waals surface area contributed by atoms with Crippen LogP contribution in [0.4, 0.5) is 11.4 Å². The number of oxazole rings is 1. The number of hydrogen-bond donors (Lipinski definition) is 2. The minimum atomic E-state index is -1.21. The standard InChI is InChI=1S/C42H53N9O6/c1-25-43-33(24-57-25)39(53)44-32-20-27-23-50(45-31(27)21-30(32)42(2,3)56)29-12-10-26(11-13-29)22-46(4)28-16-18-49(19-17-28)34-8-7-9-35-38(34)48(6)41(55)51(35)36-14-15-37(52)47(5)40(36)54/h7-9,20-21,23-24,26,28-29,36,56H,10-19,22H2,1-6H3,(H,44,53)/t26-,29-,36?. The molecule has 1 unspecified atom stereocenters. The lowest BCUT2D eigenvalue weighted by Gasteiger charge is -2.40. The molecule has 0 spiro atoms. The summed E-state index contributed by atoms with van der Waals surface area (Å²) >= 11 is 0. The van der Waals surface area contributed by atoms with Crippen LogP contribution in [0.1, 0.15) is 99.2 Å². The average molecular weight is 780 g/mol. The number of anilines is 2. The molecule has 3 amide bonds. The molecule has 1 atom stereocenters. The summed E-state index contributed by atoms with van der Waals surface area (Å²) in [7, 11) is 5.51. The Morgan fingerprint density at radius 3 is 2.46 bits per heavy atom. The third-order valence-corrected chi connectivity index (χ3v) is 12.6. The molecule has 2 N–H and O–H groups in total. The summed E-state index contributed by atoms with van der Waals surface area (Å²) in [5.41, 5.74) is 3.15. The molecular weight excluding hydrogens is 727 g/mol. The zero-order valence-corrected chi connectivity index (χ0v) is 33.7. The van der Waals surface area contributed by atoms with Gasteiger partial charge in [0, 0.05) is 75.9 Å². The van der Waals surface area contributed by atoms with Crippen LogP contribution in [-0.2, 0) is 22.2 Å². The maximum absolute atomic E-state index is 13.6. The van der Waals surface area contributed by atoms with Crippen molar-refractivity contribution in [3.8, 4) is 0 Å². The molecule has 57 heavy (non-hydrogen) atoms. The monoisotopic (exact) mass is 779 g/mol. The first-order valence-electron chi connectivity index (χ1n) is 20.1. The van der Waals surface area contributed by atoms with E-state index in [1.165, 1.54) is 13.3 Å². The Kier molecular flexibility index (Phi) is 10.1. The van der Waals surface area contributed by atoms with Crippen LogP contribution in [-0.4, -0.2) is 96.3 Å². The van der Waals surface area contributed by atoms with Gasteiger partial charge in [0.25, 0.3) is 11.8 Å². The van der Waals surface area contributed by atoms with E-state index in [4.69, 9.17) is 9.52 Å². The molecule has 3 aliphatic rings. The number of piperidine rings is 2. The zero-order chi connectivity index (χ0) is 40.3. The Morgan fingerprint density at radius 1 is 1.04 bits per heavy atom. The van der Waals surface area contributed by atoms with Crippen LogP contribution in [0.2, 0.25) is 0 Å². The first-order valence-corrected chi connectivity index (χ1v) is 20.1. The van der Waals surface area contributed by atoms with Crippen molar-refractivity contribution in [3.63, 3.8) is 0 Å². The number of fused-ring (bicyclic) bond motifs is 2. The number of hydrogen-bond acceptors (Lipinski definition) is 10. The lowest BCUT2D eigenvalue weighted by atomic mass is 9.85. The molecule has 1 aliphatic carbocycles. The SMILES string of the molecule is Cc1nc(C(=O)Nc2cc3cn([C@H]4CC[C@H](CN(C)C5CCN(c6cccc7c6n(C)c(=O)n7C6CCC(=O)N(C)C6=O)CC5)CC4)nc3cc2C(C)(C)O)co1. The highest BCUT2D eigenvalue weighted by Crippen LogP contribution is 2.37. The van der Waals surface area contributed by atoms with E-state index in [0.29, 0.717) is 35.5 Å². The summed E-state index contributed by atoms with van der Waals surface area (Å²) in [5, 5.41) is 19.8. The third kappa shape index (κ3) is 7.27. The molecule has 2 aromatic carbocycles. The van der Waals surface area contributed by atoms with E-state index in [0.717, 1.165) is 90.7 Å². The van der Waals surface area contributed by atoms with Gasteiger partial charge in [0.05, 0.1) is 33.9 Å². The summed E-state index contributed by atoms with van der Waals surface area (Å²) in [6.07, 6.45) is 10.2. The van der Waals surface area contributed by atoms with Crippen molar-refractivity contribution in [2.24, 2.45) is 13.0 Å². The van der Waals surface area contributed by atoms with Crippen molar-refractivity contribution in [1.29, 1.82) is 0 Å². The van der Waals surface area contributed by atoms with Crippen molar-refractivity contribution < 1.29 is 23.9 Å². The molecule has 1 saturated carbocycles. The Balaban J connectivity index is 0.884. The van der Waals surface area contributed by atoms with E-state index in [2.05, 4.69) is 37.9 Å². The highest BCUT2D eigenvalue weighted by atomic mass is 16.3. The number of imide groups is 1. The molecule has 5 heterocycles. The fourth-order valence-electron chi connectivity index (χ4n) is 9.35. The summed E-state index contributed by atoms with van der Waals surface area (Å²) in [6, 6.07) is 9.72. The second-order valence-electron chi connectivity index (χ2n) is 16.9. The lowest BCUT2D eigenvalue weighted by molar-refractivity contribution is -0.149. The number of rotatable bonds is 9. The molecule has 0 radical (unpaired) electrons. The maximum atomic E-state index is 13.6. The number of likely N-dealkylation sites (N-methyl/N-ethyl adjacent to an activating group) is 1. The molecule has 5 aromatic rings. The molecule has 3 fully saturated rings. The lowest BCUT2D eigenvalue weighted by Crippen LogP contribution is -2.45. The van der Waals surface area contributed by atoms with Crippen LogP contribution in [0.5, 0.6) is 0 Å². The summed E-state index contributed by atoms with van der Waals surface area (Å²) in [5.74, 6) is 0.0476. The van der Waals surface area contributed by atoms with Gasteiger partial charge in [-0.1, -0.05) is 6.07 Å². The first kappa shape index (κ1) is 38.6. The number of amides is 3. The minimum Gasteiger partial charge on any atom is -0.448 e. The van der Waals surface area contributed by atoms with E-state index in [1.807, 2.05) is 30.5 Å². The molecule has 15 nitrogen and oxygen atoms in total. The average Bonchev–Trinajstić information content (AvgIpc) is 3.89. The third-order valence-electron chi connectivity index (χ3n) is 12.6. The van der Waals surface area contributed by atoms with Gasteiger partial charge in [-0.3, -0.25) is 33.1 Å². The number of carbonyl (C=O) groups excluding carboxylic acids is 3. The van der Waals surface area contributed by atoms with E-state index in [-0.39, 0.29) is 35.7 Å². The Bertz CT molecular complexity index is 2400. The van der Waals surface area contributed by atoms with Crippen LogP contribution in [0.3, 0.4) is 0 Å². The number of nitrogens with one attached hydrogen (secondary N) is 1. The smallest absolute Gasteiger partial charge is 0.329 e. The number of likely N-dealkylation sites (tertiary alicyclic amines) is 1. The number of para-hydroxylation sites is 1. The van der Waals surface area contributed by atoms with Gasteiger partial charge in [-0.05, 0) is 96.0 Å². The van der Waals surface area contributed by atoms with Gasteiger partial charge < -0.3 is 24.6 Å². The van der Waals surface area contributed by atoms with Crippen molar-refractivity contribution >= 4 is 51.0 Å². The second kappa shape index (κ2) is 14.9. The van der Waals surface area contributed by atoms with Gasteiger partial charge in [0.15, 0.2) is 11.6 Å². The highest BCUT2D eigenvalue weighted by Gasteiger charge is 2.36. The largest absolute Gasteiger partial charge is 0.448 e. The summed E-state index contributed by atoms with van der Waals surface area (Å²) < 4.78 is 10.5. The minimum absolute atomic E-state index is 0.177. The molecule has 0 bridgehead atoms. The Morgan fingerprint density at radius 2 is 1.77 bits per heavy atom. The van der Waals surface area contributed by atoms with E-state index in [1.54, 1.807) is 37.0 Å². The normalized spacial score (nSPS) is 21.4. The van der Waals surface area contributed by atoms with Crippen LogP contribution in [0.25, 0.3) is 21.9 Å². The van der Waals surface area contributed by atoms with Crippen molar-refractivity contribution in [2.45, 2.75) is 95.9 Å². The van der Waals surface area contributed by atoms with Gasteiger partial charge in [0.1, 0.15) is 12.3 Å². The van der Waals surface area contributed by atoms with Gasteiger partial charge in [-0.15, -0.1) is 0 Å². The van der Waals surface area contributed by atoms with Gasteiger partial charge in [-0.25, -0.2) is 9.78 Å². The number of aromatic nitrogens is 5. The number of imidazole rings is 1. The number of nitrogens with zero attached hydrogens (tertiary/aromatic N) is 8. The van der Waals surface area contributed by atoms with Crippen LogP contribution < -0.4 is 15.9 Å². The van der Waals surface area contributed by atoms with Crippen LogP contribution in [0.15, 0.2) is 52.0 Å². The fraction of sp³-hybridized carbons (Fsp3) is 0.524. The predicted molar refractivity (Wildman–Crippen MR) is 216 cm³/mol. The first-order chi connectivity index (χ1) is 27.2. The van der Waals surface area contributed by atoms with E-state index < -0.39 is 17.6 Å². The summed E-state index contributed by atoms with van der Waals surface area (Å²) in [4.78, 5) is 62.0. The fourth-order valence-corrected chi connectivity index (χ4v) is 9.35. The number of benzene rings is 2. The van der Waals surface area contributed by atoms with E-state index >= 15 is 0 Å². The quantitative estimate of drug-likeness (QED) is 0.192. The van der Waals surface area contributed by atoms with Crippen LogP contribution >= 0.6 is 0 Å². The van der Waals surface area contributed by atoms with E-state index in [9.17, 15) is 24.3 Å². The van der Waals surface area contributed by atoms with Crippen molar-refractivity contribution in [1.82, 2.24) is 33.7 Å². The molecule has 15 heteroatoms. The Labute approximate surface area is 331 Å². The van der Waals surface area contributed by atoms with Crippen molar-refractivity contribution in [3.05, 3.63) is 70.4 Å². The molecule has 3 aromatic heterocycles. The molecule has 8 rings (SSSR count). The number of aryl methyl sites for hydroxylation is 2. The van der Waals surface area contributed by atoms with Crippen molar-refractivity contribution in [2.75, 3.05) is 43.9 Å². The molecule has 2 saturated heterocycles. The van der Waals surface area contributed by atoms with Crippen LogP contribution in [0, 0.1) is 12.8 Å². The number of carbonyl (C=O) groups is 3. The van der Waals surface area contributed by atoms with Gasteiger partial charge in [-0.2, -0.15) is 5.10 Å². The zero-order valence-electron chi connectivity index (χ0n) is 33.7. The number of aliphatic hydroxyl groups is 1. The molecule has 2 aliphatic heterocycles. The summed E-state index contributed by atoms with van der Waals surface area (Å²) in [6.45, 7) is 7.85. The van der Waals surface area contributed by atoms with Gasteiger partial charge in [0.2, 0.25) is 5.91 Å². The molecular formula is C42H53N9O6. The topological polar surface area (TPSA) is 164 Å². The predicted octanol–water partition coefficient (Wildman–Crippen LogP) is 5.12. The highest BCUT2D eigenvalue weighted by molar-refractivity contribution is 6.04. The maximum Gasteiger partial charge on any atom is 0.329 e. The molecule has 302 valence electrons. The Hall–Kier alpha value is -5.28. The van der Waals surface area contributed by atoms with Gasteiger partial charge >= 0.3 is 5.69 Å². The second-order valence-corrected chi connectivity index (χ2v) is 16.9.